The molecule has 0 aliphatic heterocycles. The molecule has 0 saturated carbocycles. The first kappa shape index (κ1) is 18.0. The molecular formula is C17H26BrN3. The minimum absolute atomic E-state index is 0.301. The molecule has 116 valence electrons. The van der Waals surface area contributed by atoms with Crippen molar-refractivity contribution in [2.45, 2.75) is 40.2 Å². The SMILES string of the molecule is CCNC(C)c1ccc(Br)cc1N(CCC#N)CC(C)C. The quantitative estimate of drug-likeness (QED) is 0.749. The average Bonchev–Trinajstić information content (AvgIpc) is 2.43. The van der Waals surface area contributed by atoms with Gasteiger partial charge in [0.25, 0.3) is 0 Å². The van der Waals surface area contributed by atoms with Crippen molar-refractivity contribution < 1.29 is 0 Å². The summed E-state index contributed by atoms with van der Waals surface area (Å²) in [4.78, 5) is 2.34. The predicted octanol–water partition coefficient (Wildman–Crippen LogP) is 4.50. The fraction of sp³-hybridized carbons (Fsp3) is 0.588. The van der Waals surface area contributed by atoms with Crippen LogP contribution in [0.1, 0.15) is 45.7 Å². The first-order valence-electron chi connectivity index (χ1n) is 7.64. The number of benzene rings is 1. The zero-order valence-corrected chi connectivity index (χ0v) is 15.1. The van der Waals surface area contributed by atoms with E-state index in [2.05, 4.69) is 78.1 Å². The van der Waals surface area contributed by atoms with E-state index in [-0.39, 0.29) is 0 Å². The van der Waals surface area contributed by atoms with Crippen LogP contribution in [-0.2, 0) is 0 Å². The highest BCUT2D eigenvalue weighted by molar-refractivity contribution is 9.10. The third-order valence-corrected chi connectivity index (χ3v) is 3.88. The number of nitrogens with one attached hydrogen (secondary N) is 1. The van der Waals surface area contributed by atoms with E-state index in [0.717, 1.165) is 24.1 Å². The average molecular weight is 352 g/mol. The molecule has 1 atom stereocenters. The highest BCUT2D eigenvalue weighted by atomic mass is 79.9. The summed E-state index contributed by atoms with van der Waals surface area (Å²) in [6.07, 6.45) is 0.550. The molecule has 1 aromatic carbocycles. The Morgan fingerprint density at radius 3 is 2.62 bits per heavy atom. The molecule has 0 radical (unpaired) electrons. The molecule has 4 heteroatoms. The van der Waals surface area contributed by atoms with Crippen LogP contribution in [0, 0.1) is 17.2 Å². The van der Waals surface area contributed by atoms with Crippen molar-refractivity contribution in [3.05, 3.63) is 28.2 Å². The number of halogens is 1. The molecule has 1 aromatic rings. The van der Waals surface area contributed by atoms with Gasteiger partial charge in [0, 0.05) is 29.3 Å². The lowest BCUT2D eigenvalue weighted by molar-refractivity contribution is 0.582. The van der Waals surface area contributed by atoms with Crippen LogP contribution in [0.25, 0.3) is 0 Å². The van der Waals surface area contributed by atoms with Gasteiger partial charge in [0.15, 0.2) is 0 Å². The molecule has 0 aliphatic rings. The topological polar surface area (TPSA) is 39.1 Å². The van der Waals surface area contributed by atoms with Crippen LogP contribution >= 0.6 is 15.9 Å². The molecule has 0 bridgehead atoms. The van der Waals surface area contributed by atoms with Gasteiger partial charge < -0.3 is 10.2 Å². The maximum atomic E-state index is 8.92. The Kier molecular flexibility index (Phi) is 7.77. The van der Waals surface area contributed by atoms with Crippen molar-refractivity contribution in [3.8, 4) is 6.07 Å². The zero-order chi connectivity index (χ0) is 15.8. The van der Waals surface area contributed by atoms with E-state index >= 15 is 0 Å². The maximum absolute atomic E-state index is 8.92. The third kappa shape index (κ3) is 5.68. The van der Waals surface area contributed by atoms with Gasteiger partial charge in [-0.3, -0.25) is 0 Å². The Hall–Kier alpha value is -1.05. The number of nitriles is 1. The van der Waals surface area contributed by atoms with Crippen LogP contribution in [0.4, 0.5) is 5.69 Å². The van der Waals surface area contributed by atoms with E-state index in [1.807, 2.05) is 0 Å². The first-order chi connectivity index (χ1) is 9.99. The predicted molar refractivity (Wildman–Crippen MR) is 93.5 cm³/mol. The minimum Gasteiger partial charge on any atom is -0.370 e. The van der Waals surface area contributed by atoms with Gasteiger partial charge >= 0.3 is 0 Å². The highest BCUT2D eigenvalue weighted by Crippen LogP contribution is 2.30. The molecule has 3 nitrogen and oxygen atoms in total. The molecule has 21 heavy (non-hydrogen) atoms. The first-order valence-corrected chi connectivity index (χ1v) is 8.43. The van der Waals surface area contributed by atoms with Gasteiger partial charge in [0.2, 0.25) is 0 Å². The zero-order valence-electron chi connectivity index (χ0n) is 13.5. The van der Waals surface area contributed by atoms with E-state index in [1.54, 1.807) is 0 Å². The van der Waals surface area contributed by atoms with Crippen molar-refractivity contribution in [1.82, 2.24) is 5.32 Å². The van der Waals surface area contributed by atoms with E-state index in [1.165, 1.54) is 11.3 Å². The molecule has 0 saturated heterocycles. The Balaban J connectivity index is 3.14. The second-order valence-electron chi connectivity index (χ2n) is 5.73. The van der Waals surface area contributed by atoms with Crippen LogP contribution in [-0.4, -0.2) is 19.6 Å². The second kappa shape index (κ2) is 9.07. The van der Waals surface area contributed by atoms with E-state index in [0.29, 0.717) is 18.4 Å². The Morgan fingerprint density at radius 2 is 2.05 bits per heavy atom. The van der Waals surface area contributed by atoms with Crippen molar-refractivity contribution >= 4 is 21.6 Å². The van der Waals surface area contributed by atoms with Gasteiger partial charge in [0.05, 0.1) is 12.5 Å². The fourth-order valence-corrected chi connectivity index (χ4v) is 2.86. The number of hydrogen-bond donors (Lipinski definition) is 1. The Labute approximate surface area is 137 Å². The molecule has 1 N–H and O–H groups in total. The molecule has 0 aliphatic carbocycles. The summed E-state index contributed by atoms with van der Waals surface area (Å²) in [5, 5.41) is 12.4. The molecule has 0 spiro atoms. The smallest absolute Gasteiger partial charge is 0.0640 e. The molecular weight excluding hydrogens is 326 g/mol. The van der Waals surface area contributed by atoms with E-state index < -0.39 is 0 Å². The highest BCUT2D eigenvalue weighted by Gasteiger charge is 2.16. The van der Waals surface area contributed by atoms with Crippen LogP contribution < -0.4 is 10.2 Å². The summed E-state index contributed by atoms with van der Waals surface area (Å²) in [6, 6.07) is 8.99. The van der Waals surface area contributed by atoms with Crippen molar-refractivity contribution in [2.24, 2.45) is 5.92 Å². The lowest BCUT2D eigenvalue weighted by Gasteiger charge is -2.30. The Morgan fingerprint density at radius 1 is 1.33 bits per heavy atom. The van der Waals surface area contributed by atoms with Crippen LogP contribution in [0.3, 0.4) is 0 Å². The molecule has 1 rings (SSSR count). The summed E-state index contributed by atoms with van der Waals surface area (Å²) >= 11 is 3.58. The Bertz CT molecular complexity index is 479. The minimum atomic E-state index is 0.301. The number of anilines is 1. The van der Waals surface area contributed by atoms with Gasteiger partial charge in [-0.2, -0.15) is 5.26 Å². The molecule has 0 aromatic heterocycles. The van der Waals surface area contributed by atoms with Gasteiger partial charge in [0.1, 0.15) is 0 Å². The van der Waals surface area contributed by atoms with Crippen LogP contribution in [0.15, 0.2) is 22.7 Å². The largest absolute Gasteiger partial charge is 0.370 e. The fourth-order valence-electron chi connectivity index (χ4n) is 2.51. The lowest BCUT2D eigenvalue weighted by Crippen LogP contribution is -2.31. The van der Waals surface area contributed by atoms with E-state index in [9.17, 15) is 0 Å². The summed E-state index contributed by atoms with van der Waals surface area (Å²) in [5.74, 6) is 0.560. The number of hydrogen-bond acceptors (Lipinski definition) is 3. The number of nitrogens with zero attached hydrogens (tertiary/aromatic N) is 2. The summed E-state index contributed by atoms with van der Waals surface area (Å²) < 4.78 is 1.08. The monoisotopic (exact) mass is 351 g/mol. The van der Waals surface area contributed by atoms with Gasteiger partial charge in [-0.05, 0) is 37.1 Å². The van der Waals surface area contributed by atoms with Gasteiger partial charge in [-0.1, -0.05) is 42.8 Å². The van der Waals surface area contributed by atoms with Crippen LogP contribution in [0.5, 0.6) is 0 Å². The maximum Gasteiger partial charge on any atom is 0.0640 e. The lowest BCUT2D eigenvalue weighted by atomic mass is 10.0. The molecule has 0 heterocycles. The van der Waals surface area contributed by atoms with Gasteiger partial charge in [-0.15, -0.1) is 0 Å². The van der Waals surface area contributed by atoms with E-state index in [4.69, 9.17) is 5.26 Å². The summed E-state index contributed by atoms with van der Waals surface area (Å²) in [5.41, 5.74) is 2.51. The van der Waals surface area contributed by atoms with Crippen molar-refractivity contribution in [3.63, 3.8) is 0 Å². The normalized spacial score (nSPS) is 12.2. The molecule has 1 unspecified atom stereocenters. The summed E-state index contributed by atoms with van der Waals surface area (Å²) in [7, 11) is 0. The van der Waals surface area contributed by atoms with Crippen molar-refractivity contribution in [2.75, 3.05) is 24.5 Å². The summed E-state index contributed by atoms with van der Waals surface area (Å²) in [6.45, 7) is 11.4. The standard InChI is InChI=1S/C17H26BrN3/c1-5-20-14(4)16-8-7-15(18)11-17(16)21(10-6-9-19)12-13(2)3/h7-8,11,13-14,20H,5-6,10,12H2,1-4H3. The number of rotatable bonds is 8. The second-order valence-corrected chi connectivity index (χ2v) is 6.65. The molecule has 0 amide bonds. The van der Waals surface area contributed by atoms with Crippen LogP contribution in [0.2, 0.25) is 0 Å². The van der Waals surface area contributed by atoms with Gasteiger partial charge in [-0.25, -0.2) is 0 Å². The molecule has 0 fully saturated rings. The van der Waals surface area contributed by atoms with Crippen molar-refractivity contribution in [1.29, 1.82) is 5.26 Å². The third-order valence-electron chi connectivity index (χ3n) is 3.39.